The number of carbonyl (C=O) groups is 2. The average molecular weight is 550 g/mol. The second-order valence-corrected chi connectivity index (χ2v) is 11.5. The lowest BCUT2D eigenvalue weighted by Gasteiger charge is -2.27. The molecule has 7 heteroatoms. The van der Waals surface area contributed by atoms with E-state index in [1.165, 1.54) is 11.1 Å². The summed E-state index contributed by atoms with van der Waals surface area (Å²) >= 11 is 0. The SMILES string of the molecule is Cc1ccccc1CN(CC1CCCO1)C(=O)CCc1ccc2c(c1)CN(C(C)C)CC(=O)NCCCCCO2. The fraction of sp³-hybridized carbons (Fsp3) is 0.576. The summed E-state index contributed by atoms with van der Waals surface area (Å²) in [5.41, 5.74) is 4.56. The first-order valence-corrected chi connectivity index (χ1v) is 15.1. The Kier molecular flexibility index (Phi) is 11.4. The summed E-state index contributed by atoms with van der Waals surface area (Å²) < 4.78 is 12.1. The van der Waals surface area contributed by atoms with Crippen molar-refractivity contribution in [2.45, 2.75) is 91.0 Å². The Morgan fingerprint density at radius 3 is 2.70 bits per heavy atom. The van der Waals surface area contributed by atoms with Crippen molar-refractivity contribution in [1.82, 2.24) is 15.1 Å². The van der Waals surface area contributed by atoms with Gasteiger partial charge >= 0.3 is 0 Å². The number of fused-ring (bicyclic) bond motifs is 1. The van der Waals surface area contributed by atoms with Crippen LogP contribution in [0.4, 0.5) is 0 Å². The summed E-state index contributed by atoms with van der Waals surface area (Å²) in [6.07, 6.45) is 6.22. The van der Waals surface area contributed by atoms with Gasteiger partial charge < -0.3 is 19.7 Å². The van der Waals surface area contributed by atoms with Crippen molar-refractivity contribution >= 4 is 11.8 Å². The highest BCUT2D eigenvalue weighted by Crippen LogP contribution is 2.25. The highest BCUT2D eigenvalue weighted by Gasteiger charge is 2.24. The molecule has 1 fully saturated rings. The molecule has 1 saturated heterocycles. The van der Waals surface area contributed by atoms with Crippen molar-refractivity contribution < 1.29 is 19.1 Å². The van der Waals surface area contributed by atoms with Gasteiger partial charge in [-0.05, 0) is 82.1 Å². The van der Waals surface area contributed by atoms with Gasteiger partial charge in [0.2, 0.25) is 11.8 Å². The molecule has 2 aliphatic heterocycles. The number of nitrogens with one attached hydrogen (secondary N) is 1. The number of amides is 2. The number of nitrogens with zero attached hydrogens (tertiary/aromatic N) is 2. The van der Waals surface area contributed by atoms with E-state index in [0.717, 1.165) is 55.6 Å². The van der Waals surface area contributed by atoms with Gasteiger partial charge in [0.05, 0.1) is 19.3 Å². The van der Waals surface area contributed by atoms with Crippen LogP contribution in [0, 0.1) is 6.92 Å². The molecule has 0 saturated carbocycles. The maximum absolute atomic E-state index is 13.6. The third-order valence-corrected chi connectivity index (χ3v) is 8.03. The van der Waals surface area contributed by atoms with Crippen molar-refractivity contribution in [2.24, 2.45) is 0 Å². The second kappa shape index (κ2) is 15.2. The van der Waals surface area contributed by atoms with Crippen LogP contribution in [0.1, 0.15) is 74.6 Å². The molecule has 7 nitrogen and oxygen atoms in total. The molecule has 0 bridgehead atoms. The third-order valence-electron chi connectivity index (χ3n) is 8.03. The smallest absolute Gasteiger partial charge is 0.234 e. The maximum atomic E-state index is 13.6. The molecule has 0 aliphatic carbocycles. The lowest BCUT2D eigenvalue weighted by molar-refractivity contribution is -0.133. The number of hydrogen-bond donors (Lipinski definition) is 1. The second-order valence-electron chi connectivity index (χ2n) is 11.5. The van der Waals surface area contributed by atoms with Gasteiger partial charge in [-0.2, -0.15) is 0 Å². The van der Waals surface area contributed by atoms with Gasteiger partial charge in [-0.25, -0.2) is 0 Å². The Balaban J connectivity index is 1.47. The number of rotatable bonds is 8. The number of carbonyl (C=O) groups excluding carboxylic acids is 2. The van der Waals surface area contributed by atoms with E-state index in [1.807, 2.05) is 23.1 Å². The van der Waals surface area contributed by atoms with Crippen LogP contribution in [0.2, 0.25) is 0 Å². The van der Waals surface area contributed by atoms with E-state index in [4.69, 9.17) is 9.47 Å². The molecule has 0 aromatic heterocycles. The van der Waals surface area contributed by atoms with Crippen LogP contribution in [-0.2, 0) is 33.8 Å². The molecule has 218 valence electrons. The highest BCUT2D eigenvalue weighted by atomic mass is 16.5. The monoisotopic (exact) mass is 549 g/mol. The molecule has 0 radical (unpaired) electrons. The summed E-state index contributed by atoms with van der Waals surface area (Å²) in [6, 6.07) is 14.8. The summed E-state index contributed by atoms with van der Waals surface area (Å²) in [4.78, 5) is 30.3. The standard InChI is InChI=1S/C33H47N3O4/c1-25(2)35-22-29-20-27(13-15-31(29)40-18-8-4-7-17-34-32(37)24-35)14-16-33(38)36(23-30-12-9-19-39-30)21-28-11-6-5-10-26(28)3/h5-6,10-11,13,15,20,25,30H,4,7-9,12,14,16-19,21-24H2,1-3H3,(H,34,37). The zero-order chi connectivity index (χ0) is 28.3. The van der Waals surface area contributed by atoms with Gasteiger partial charge in [-0.15, -0.1) is 0 Å². The Bertz CT molecular complexity index is 1110. The lowest BCUT2D eigenvalue weighted by Crippen LogP contribution is -2.40. The highest BCUT2D eigenvalue weighted by molar-refractivity contribution is 5.78. The Labute approximate surface area is 240 Å². The maximum Gasteiger partial charge on any atom is 0.234 e. The van der Waals surface area contributed by atoms with Crippen LogP contribution in [-0.4, -0.2) is 66.6 Å². The molecule has 2 aromatic rings. The number of benzene rings is 2. The zero-order valence-corrected chi connectivity index (χ0v) is 24.6. The molecule has 2 aromatic carbocycles. The Morgan fingerprint density at radius 2 is 1.93 bits per heavy atom. The van der Waals surface area contributed by atoms with Gasteiger partial charge in [-0.3, -0.25) is 14.5 Å². The van der Waals surface area contributed by atoms with E-state index in [2.05, 4.69) is 55.3 Å². The van der Waals surface area contributed by atoms with Crippen LogP contribution in [0.25, 0.3) is 0 Å². The predicted octanol–water partition coefficient (Wildman–Crippen LogP) is 5.02. The molecule has 1 N–H and O–H groups in total. The van der Waals surface area contributed by atoms with Crippen LogP contribution in [0.3, 0.4) is 0 Å². The molecule has 0 spiro atoms. The normalized spacial score (nSPS) is 19.1. The van der Waals surface area contributed by atoms with E-state index >= 15 is 0 Å². The van der Waals surface area contributed by atoms with Gasteiger partial charge in [0.1, 0.15) is 5.75 Å². The summed E-state index contributed by atoms with van der Waals surface area (Å²) in [7, 11) is 0. The molecule has 1 unspecified atom stereocenters. The first-order chi connectivity index (χ1) is 19.4. The topological polar surface area (TPSA) is 71.1 Å². The first-order valence-electron chi connectivity index (χ1n) is 15.1. The Hall–Kier alpha value is -2.90. The summed E-state index contributed by atoms with van der Waals surface area (Å²) in [5.74, 6) is 1.09. The quantitative estimate of drug-likeness (QED) is 0.501. The minimum atomic E-state index is 0.0668. The molecular formula is C33H47N3O4. The molecule has 2 amide bonds. The third kappa shape index (κ3) is 9.07. The largest absolute Gasteiger partial charge is 0.493 e. The molecule has 40 heavy (non-hydrogen) atoms. The van der Waals surface area contributed by atoms with E-state index in [9.17, 15) is 9.59 Å². The minimum absolute atomic E-state index is 0.0668. The summed E-state index contributed by atoms with van der Waals surface area (Å²) in [6.45, 7) is 10.7. The Morgan fingerprint density at radius 1 is 1.07 bits per heavy atom. The van der Waals surface area contributed by atoms with Crippen molar-refractivity contribution in [3.05, 3.63) is 64.7 Å². The number of ether oxygens (including phenoxy) is 2. The van der Waals surface area contributed by atoms with E-state index < -0.39 is 0 Å². The minimum Gasteiger partial charge on any atom is -0.493 e. The zero-order valence-electron chi connectivity index (χ0n) is 24.6. The first kappa shape index (κ1) is 30.1. The number of hydrogen-bond acceptors (Lipinski definition) is 5. The van der Waals surface area contributed by atoms with Crippen LogP contribution in [0.15, 0.2) is 42.5 Å². The molecular weight excluding hydrogens is 502 g/mol. The average Bonchev–Trinajstić information content (AvgIpc) is 3.45. The number of aryl methyl sites for hydroxylation is 2. The van der Waals surface area contributed by atoms with Crippen LogP contribution >= 0.6 is 0 Å². The summed E-state index contributed by atoms with van der Waals surface area (Å²) in [5, 5.41) is 3.06. The van der Waals surface area contributed by atoms with Gasteiger partial charge in [0.25, 0.3) is 0 Å². The van der Waals surface area contributed by atoms with Crippen molar-refractivity contribution in [3.8, 4) is 5.75 Å². The van der Waals surface area contributed by atoms with Crippen molar-refractivity contribution in [3.63, 3.8) is 0 Å². The van der Waals surface area contributed by atoms with E-state index in [0.29, 0.717) is 52.2 Å². The molecule has 4 rings (SSSR count). The van der Waals surface area contributed by atoms with Crippen molar-refractivity contribution in [1.29, 1.82) is 0 Å². The van der Waals surface area contributed by atoms with Crippen molar-refractivity contribution in [2.75, 3.05) is 32.8 Å². The van der Waals surface area contributed by atoms with Crippen LogP contribution < -0.4 is 10.1 Å². The van der Waals surface area contributed by atoms with Gasteiger partial charge in [-0.1, -0.05) is 36.4 Å². The van der Waals surface area contributed by atoms with E-state index in [-0.39, 0.29) is 24.0 Å². The molecule has 2 aliphatic rings. The van der Waals surface area contributed by atoms with E-state index in [1.54, 1.807) is 0 Å². The predicted molar refractivity (Wildman–Crippen MR) is 158 cm³/mol. The fourth-order valence-electron chi connectivity index (χ4n) is 5.44. The fourth-order valence-corrected chi connectivity index (χ4v) is 5.44. The molecule has 2 heterocycles. The van der Waals surface area contributed by atoms with Gasteiger partial charge in [0.15, 0.2) is 0 Å². The van der Waals surface area contributed by atoms with Gasteiger partial charge in [0, 0.05) is 50.8 Å². The molecule has 1 atom stereocenters. The van der Waals surface area contributed by atoms with Crippen LogP contribution in [0.5, 0.6) is 5.75 Å². The lowest BCUT2D eigenvalue weighted by atomic mass is 10.0.